The van der Waals surface area contributed by atoms with Crippen molar-refractivity contribution in [2.24, 2.45) is 11.7 Å². The van der Waals surface area contributed by atoms with Crippen LogP contribution in [0.1, 0.15) is 33.1 Å². The van der Waals surface area contributed by atoms with Gasteiger partial charge in [-0.25, -0.2) is 4.79 Å². The fourth-order valence-electron chi connectivity index (χ4n) is 2.87. The fourth-order valence-corrected chi connectivity index (χ4v) is 2.87. The highest BCUT2D eigenvalue weighted by molar-refractivity contribution is 5.94. The first-order valence-electron chi connectivity index (χ1n) is 8.70. The Bertz CT molecular complexity index is 541. The van der Waals surface area contributed by atoms with E-state index in [2.05, 4.69) is 10.6 Å². The standard InChI is InChI=1S/C16H28N4O6/c1-3-9(2)13(19-12(22)7-17)14(23)18-10(8-21)15(24)20-6-4-5-11(20)16(25)26/h9-11,13,21H,3-8,17H2,1-2H3,(H,18,23)(H,19,22)(H,25,26). The number of likely N-dealkylation sites (tertiary alicyclic amines) is 1. The lowest BCUT2D eigenvalue weighted by molar-refractivity contribution is -0.150. The minimum Gasteiger partial charge on any atom is -0.480 e. The quantitative estimate of drug-likeness (QED) is 0.313. The minimum atomic E-state index is -1.27. The molecule has 1 heterocycles. The van der Waals surface area contributed by atoms with Crippen molar-refractivity contribution in [1.29, 1.82) is 0 Å². The number of hydrogen-bond acceptors (Lipinski definition) is 6. The molecular weight excluding hydrogens is 344 g/mol. The number of nitrogens with one attached hydrogen (secondary N) is 2. The van der Waals surface area contributed by atoms with Gasteiger partial charge in [0.05, 0.1) is 13.2 Å². The Labute approximate surface area is 152 Å². The summed E-state index contributed by atoms with van der Waals surface area (Å²) in [5.41, 5.74) is 5.26. The van der Waals surface area contributed by atoms with Crippen molar-refractivity contribution in [3.05, 3.63) is 0 Å². The van der Waals surface area contributed by atoms with Gasteiger partial charge >= 0.3 is 5.97 Å². The number of hydrogen-bond donors (Lipinski definition) is 5. The first-order valence-corrected chi connectivity index (χ1v) is 8.70. The molecule has 0 saturated carbocycles. The number of nitrogens with two attached hydrogens (primary N) is 1. The lowest BCUT2D eigenvalue weighted by Gasteiger charge is -2.29. The van der Waals surface area contributed by atoms with E-state index < -0.39 is 48.4 Å². The molecule has 0 aromatic carbocycles. The highest BCUT2D eigenvalue weighted by atomic mass is 16.4. The van der Waals surface area contributed by atoms with Crippen molar-refractivity contribution < 1.29 is 29.4 Å². The number of rotatable bonds is 9. The molecule has 1 fully saturated rings. The summed E-state index contributed by atoms with van der Waals surface area (Å²) in [5.74, 6) is -3.13. The highest BCUT2D eigenvalue weighted by Gasteiger charge is 2.38. The molecule has 4 atom stereocenters. The molecule has 148 valence electrons. The average Bonchev–Trinajstić information content (AvgIpc) is 3.12. The third-order valence-electron chi connectivity index (χ3n) is 4.62. The lowest BCUT2D eigenvalue weighted by atomic mass is 9.98. The summed E-state index contributed by atoms with van der Waals surface area (Å²) in [6.07, 6.45) is 1.46. The van der Waals surface area contributed by atoms with E-state index in [1.54, 1.807) is 6.92 Å². The van der Waals surface area contributed by atoms with Crippen molar-refractivity contribution in [1.82, 2.24) is 15.5 Å². The van der Waals surface area contributed by atoms with E-state index in [9.17, 15) is 29.4 Å². The van der Waals surface area contributed by atoms with E-state index in [1.165, 1.54) is 0 Å². The van der Waals surface area contributed by atoms with Crippen molar-refractivity contribution in [3.8, 4) is 0 Å². The second-order valence-electron chi connectivity index (χ2n) is 6.41. The summed E-state index contributed by atoms with van der Waals surface area (Å²) in [6.45, 7) is 2.90. The minimum absolute atomic E-state index is 0.224. The predicted molar refractivity (Wildman–Crippen MR) is 91.8 cm³/mol. The molecule has 0 aromatic rings. The second-order valence-corrected chi connectivity index (χ2v) is 6.41. The number of nitrogens with zero attached hydrogens (tertiary/aromatic N) is 1. The van der Waals surface area contributed by atoms with Gasteiger partial charge in [-0.15, -0.1) is 0 Å². The number of carbonyl (C=O) groups is 4. The van der Waals surface area contributed by atoms with Crippen LogP contribution >= 0.6 is 0 Å². The van der Waals surface area contributed by atoms with E-state index in [1.807, 2.05) is 6.92 Å². The normalized spacial score (nSPS) is 20.2. The zero-order valence-corrected chi connectivity index (χ0v) is 15.1. The molecule has 3 amide bonds. The monoisotopic (exact) mass is 372 g/mol. The number of carbonyl (C=O) groups excluding carboxylic acids is 3. The molecule has 0 radical (unpaired) electrons. The Morgan fingerprint density at radius 3 is 2.42 bits per heavy atom. The molecule has 0 aromatic heterocycles. The SMILES string of the molecule is CCC(C)C(NC(=O)CN)C(=O)NC(CO)C(=O)N1CCCC1C(=O)O. The molecule has 1 aliphatic rings. The molecule has 10 heteroatoms. The molecule has 4 unspecified atom stereocenters. The molecule has 1 rings (SSSR count). The number of aliphatic carboxylic acids is 1. The molecule has 1 aliphatic heterocycles. The van der Waals surface area contributed by atoms with Gasteiger partial charge < -0.3 is 31.5 Å². The van der Waals surface area contributed by atoms with Crippen molar-refractivity contribution >= 4 is 23.7 Å². The van der Waals surface area contributed by atoms with Crippen LogP contribution in [0, 0.1) is 5.92 Å². The van der Waals surface area contributed by atoms with Gasteiger partial charge in [-0.1, -0.05) is 20.3 Å². The first kappa shape index (κ1) is 21.8. The smallest absolute Gasteiger partial charge is 0.326 e. The Kier molecular flexibility index (Phi) is 8.46. The van der Waals surface area contributed by atoms with E-state index in [0.717, 1.165) is 4.90 Å². The van der Waals surface area contributed by atoms with Crippen LogP contribution < -0.4 is 16.4 Å². The Balaban J connectivity index is 2.86. The zero-order chi connectivity index (χ0) is 19.9. The maximum absolute atomic E-state index is 12.5. The van der Waals surface area contributed by atoms with E-state index in [-0.39, 0.29) is 19.0 Å². The largest absolute Gasteiger partial charge is 0.480 e. The van der Waals surface area contributed by atoms with Crippen LogP contribution in [0.25, 0.3) is 0 Å². The topological polar surface area (TPSA) is 162 Å². The lowest BCUT2D eigenvalue weighted by Crippen LogP contribution is -2.58. The van der Waals surface area contributed by atoms with Crippen molar-refractivity contribution in [3.63, 3.8) is 0 Å². The van der Waals surface area contributed by atoms with Gasteiger partial charge in [0.2, 0.25) is 17.7 Å². The van der Waals surface area contributed by atoms with Crippen LogP contribution in [0.3, 0.4) is 0 Å². The fraction of sp³-hybridized carbons (Fsp3) is 0.750. The maximum Gasteiger partial charge on any atom is 0.326 e. The summed E-state index contributed by atoms with van der Waals surface area (Å²) < 4.78 is 0. The number of amides is 3. The molecular formula is C16H28N4O6. The van der Waals surface area contributed by atoms with Crippen molar-refractivity contribution in [2.45, 2.75) is 51.2 Å². The molecule has 1 saturated heterocycles. The first-order chi connectivity index (χ1) is 12.3. The molecule has 0 bridgehead atoms. The molecule has 26 heavy (non-hydrogen) atoms. The summed E-state index contributed by atoms with van der Waals surface area (Å²) in [4.78, 5) is 49.0. The predicted octanol–water partition coefficient (Wildman–Crippen LogP) is -1.97. The van der Waals surface area contributed by atoms with Crippen LogP contribution in [-0.2, 0) is 19.2 Å². The Morgan fingerprint density at radius 1 is 1.27 bits per heavy atom. The third kappa shape index (κ3) is 5.40. The molecule has 10 nitrogen and oxygen atoms in total. The summed E-state index contributed by atoms with van der Waals surface area (Å²) in [5, 5.41) is 23.6. The third-order valence-corrected chi connectivity index (χ3v) is 4.62. The van der Waals surface area contributed by atoms with Crippen molar-refractivity contribution in [2.75, 3.05) is 19.7 Å². The van der Waals surface area contributed by atoms with Crippen LogP contribution in [0.4, 0.5) is 0 Å². The molecule has 6 N–H and O–H groups in total. The molecule has 0 spiro atoms. The van der Waals surface area contributed by atoms with Crippen LogP contribution in [0.2, 0.25) is 0 Å². The van der Waals surface area contributed by atoms with Gasteiger partial charge in [0.25, 0.3) is 0 Å². The summed E-state index contributed by atoms with van der Waals surface area (Å²) in [6, 6.07) is -3.15. The second kappa shape index (κ2) is 10.1. The van der Waals surface area contributed by atoms with Crippen LogP contribution in [-0.4, -0.2) is 76.6 Å². The van der Waals surface area contributed by atoms with Crippen LogP contribution in [0.15, 0.2) is 0 Å². The van der Waals surface area contributed by atoms with E-state index in [0.29, 0.717) is 19.3 Å². The Morgan fingerprint density at radius 2 is 1.92 bits per heavy atom. The maximum atomic E-state index is 12.5. The van der Waals surface area contributed by atoms with Gasteiger partial charge in [0.15, 0.2) is 0 Å². The van der Waals surface area contributed by atoms with Gasteiger partial charge in [0.1, 0.15) is 18.1 Å². The van der Waals surface area contributed by atoms with E-state index >= 15 is 0 Å². The summed E-state index contributed by atoms with van der Waals surface area (Å²) >= 11 is 0. The van der Waals surface area contributed by atoms with Gasteiger partial charge in [-0.2, -0.15) is 0 Å². The van der Waals surface area contributed by atoms with Gasteiger partial charge in [-0.3, -0.25) is 14.4 Å². The van der Waals surface area contributed by atoms with Gasteiger partial charge in [-0.05, 0) is 18.8 Å². The highest BCUT2D eigenvalue weighted by Crippen LogP contribution is 2.18. The number of aliphatic hydroxyl groups excluding tert-OH is 1. The van der Waals surface area contributed by atoms with Crippen LogP contribution in [0.5, 0.6) is 0 Å². The van der Waals surface area contributed by atoms with E-state index in [4.69, 9.17) is 5.73 Å². The number of carboxylic acids is 1. The van der Waals surface area contributed by atoms with Gasteiger partial charge in [0, 0.05) is 6.54 Å². The zero-order valence-electron chi connectivity index (χ0n) is 15.1. The summed E-state index contributed by atoms with van der Waals surface area (Å²) in [7, 11) is 0. The average molecular weight is 372 g/mol. The number of carboxylic acid groups (broad SMARTS) is 1. The number of aliphatic hydroxyl groups is 1. The molecule has 0 aliphatic carbocycles. The Hall–Kier alpha value is -2.20.